The fourth-order valence-corrected chi connectivity index (χ4v) is 1.72. The van der Waals surface area contributed by atoms with E-state index in [1.807, 2.05) is 13.0 Å². The van der Waals surface area contributed by atoms with Crippen LogP contribution in [0.2, 0.25) is 5.02 Å². The lowest BCUT2D eigenvalue weighted by molar-refractivity contribution is -0.386. The third-order valence-corrected chi connectivity index (χ3v) is 2.79. The molecule has 78 valence electrons. The molecule has 0 saturated heterocycles. The maximum absolute atomic E-state index is 11.2. The third kappa shape index (κ3) is 1.76. The number of hydrogen-bond acceptors (Lipinski definition) is 2. The summed E-state index contributed by atoms with van der Waals surface area (Å²) in [6, 6.07) is 5.05. The Bertz CT molecular complexity index is 575. The van der Waals surface area contributed by atoms with E-state index in [4.69, 9.17) is 16.0 Å². The van der Waals surface area contributed by atoms with E-state index in [0.717, 1.165) is 16.5 Å². The topological polar surface area (TPSA) is 57.9 Å². The van der Waals surface area contributed by atoms with E-state index in [9.17, 15) is 4.79 Å². The number of rotatable bonds is 1. The second kappa shape index (κ2) is 3.68. The van der Waals surface area contributed by atoms with Crippen molar-refractivity contribution in [3.05, 3.63) is 44.8 Å². The minimum absolute atomic E-state index is 0.345. The Kier molecular flexibility index (Phi) is 2.50. The van der Waals surface area contributed by atoms with E-state index in [0.29, 0.717) is 17.2 Å². The predicted octanol–water partition coefficient (Wildman–Crippen LogP) is 1.50. The third-order valence-electron chi connectivity index (χ3n) is 2.38. The maximum atomic E-state index is 11.2. The molecule has 2 rings (SSSR count). The van der Waals surface area contributed by atoms with Crippen molar-refractivity contribution in [2.45, 2.75) is 13.5 Å². The molecule has 2 aromatic rings. The molecule has 0 aliphatic heterocycles. The highest BCUT2D eigenvalue weighted by Gasteiger charge is 2.07. The molecule has 0 unspecified atom stereocenters. The number of halogens is 1. The monoisotopic (exact) mass is 224 g/mol. The van der Waals surface area contributed by atoms with E-state index in [2.05, 4.69) is 5.73 Å². The number of fused-ring (bicyclic) bond motifs is 1. The molecule has 0 aliphatic rings. The molecule has 0 saturated carbocycles. The van der Waals surface area contributed by atoms with Gasteiger partial charge in [0.05, 0.1) is 0 Å². The summed E-state index contributed by atoms with van der Waals surface area (Å²) in [4.78, 5) is 11.2. The van der Waals surface area contributed by atoms with Crippen LogP contribution in [0.15, 0.2) is 27.4 Å². The van der Waals surface area contributed by atoms with Crippen molar-refractivity contribution in [3.8, 4) is 0 Å². The maximum Gasteiger partial charge on any atom is 0.336 e. The molecule has 0 fully saturated rings. The fourth-order valence-electron chi connectivity index (χ4n) is 1.56. The lowest BCUT2D eigenvalue weighted by Crippen LogP contribution is -2.47. The Morgan fingerprint density at radius 3 is 2.80 bits per heavy atom. The summed E-state index contributed by atoms with van der Waals surface area (Å²) in [7, 11) is 0. The molecule has 0 spiro atoms. The van der Waals surface area contributed by atoms with Crippen LogP contribution in [0.4, 0.5) is 0 Å². The van der Waals surface area contributed by atoms with Gasteiger partial charge in [-0.3, -0.25) is 0 Å². The quantitative estimate of drug-likeness (QED) is 0.747. The predicted molar refractivity (Wildman–Crippen MR) is 58.8 cm³/mol. The molecule has 1 heterocycles. The van der Waals surface area contributed by atoms with Crippen LogP contribution >= 0.6 is 11.6 Å². The highest BCUT2D eigenvalue weighted by atomic mass is 35.5. The van der Waals surface area contributed by atoms with E-state index in [1.54, 1.807) is 6.07 Å². The zero-order valence-corrected chi connectivity index (χ0v) is 9.10. The minimum Gasteiger partial charge on any atom is -0.423 e. The van der Waals surface area contributed by atoms with Gasteiger partial charge in [0, 0.05) is 22.0 Å². The molecule has 1 aromatic heterocycles. The zero-order valence-electron chi connectivity index (χ0n) is 8.34. The molecule has 4 heteroatoms. The second-order valence-corrected chi connectivity index (χ2v) is 3.85. The van der Waals surface area contributed by atoms with E-state index < -0.39 is 0 Å². The first-order chi connectivity index (χ1) is 7.11. The minimum atomic E-state index is -0.345. The highest BCUT2D eigenvalue weighted by molar-refractivity contribution is 6.32. The summed E-state index contributed by atoms with van der Waals surface area (Å²) < 4.78 is 5.10. The van der Waals surface area contributed by atoms with Crippen molar-refractivity contribution in [1.29, 1.82) is 0 Å². The smallest absolute Gasteiger partial charge is 0.336 e. The van der Waals surface area contributed by atoms with Crippen molar-refractivity contribution in [1.82, 2.24) is 0 Å². The SMILES string of the molecule is Cc1cc2oc(=O)cc(C[NH3+])c2cc1Cl. The van der Waals surface area contributed by atoms with Gasteiger partial charge < -0.3 is 10.2 Å². The summed E-state index contributed by atoms with van der Waals surface area (Å²) in [5, 5.41) is 1.53. The Labute approximate surface area is 91.5 Å². The van der Waals surface area contributed by atoms with E-state index in [1.165, 1.54) is 6.07 Å². The van der Waals surface area contributed by atoms with Gasteiger partial charge in [0.2, 0.25) is 0 Å². The molecule has 0 atom stereocenters. The molecule has 3 N–H and O–H groups in total. The molecular weight excluding hydrogens is 214 g/mol. The van der Waals surface area contributed by atoms with Crippen molar-refractivity contribution >= 4 is 22.6 Å². The van der Waals surface area contributed by atoms with Crippen LogP contribution in [0.5, 0.6) is 0 Å². The van der Waals surface area contributed by atoms with Crippen LogP contribution in [-0.2, 0) is 6.54 Å². The summed E-state index contributed by atoms with van der Waals surface area (Å²) in [5.74, 6) is 0. The molecule has 1 aromatic carbocycles. The van der Waals surface area contributed by atoms with E-state index >= 15 is 0 Å². The van der Waals surface area contributed by atoms with Gasteiger partial charge in [-0.1, -0.05) is 11.6 Å². The largest absolute Gasteiger partial charge is 0.423 e. The summed E-state index contributed by atoms with van der Waals surface area (Å²) in [6.45, 7) is 2.42. The van der Waals surface area contributed by atoms with Crippen molar-refractivity contribution in [3.63, 3.8) is 0 Å². The number of quaternary nitrogens is 1. The molecule has 0 amide bonds. The first-order valence-electron chi connectivity index (χ1n) is 4.64. The van der Waals surface area contributed by atoms with Gasteiger partial charge in [0.15, 0.2) is 0 Å². The summed E-state index contributed by atoms with van der Waals surface area (Å²) in [5.41, 5.74) is 5.76. The Balaban J connectivity index is 2.90. The van der Waals surface area contributed by atoms with Crippen LogP contribution in [-0.4, -0.2) is 0 Å². The molecule has 0 aliphatic carbocycles. The van der Waals surface area contributed by atoms with Gasteiger partial charge in [-0.15, -0.1) is 0 Å². The lowest BCUT2D eigenvalue weighted by atomic mass is 10.1. The average molecular weight is 225 g/mol. The average Bonchev–Trinajstić information content (AvgIpc) is 2.19. The summed E-state index contributed by atoms with van der Waals surface area (Å²) >= 11 is 6.02. The van der Waals surface area contributed by atoms with Gasteiger partial charge in [-0.05, 0) is 24.6 Å². The molecular formula is C11H11ClNO2+. The van der Waals surface area contributed by atoms with Crippen LogP contribution in [0.1, 0.15) is 11.1 Å². The van der Waals surface area contributed by atoms with Gasteiger partial charge in [0.1, 0.15) is 12.1 Å². The van der Waals surface area contributed by atoms with Crippen molar-refractivity contribution < 1.29 is 10.2 Å². The molecule has 0 radical (unpaired) electrons. The highest BCUT2D eigenvalue weighted by Crippen LogP contribution is 2.24. The molecule has 3 nitrogen and oxygen atoms in total. The lowest BCUT2D eigenvalue weighted by Gasteiger charge is -2.03. The Hall–Kier alpha value is -1.32. The van der Waals surface area contributed by atoms with E-state index in [-0.39, 0.29) is 5.63 Å². The van der Waals surface area contributed by atoms with Gasteiger partial charge in [0.25, 0.3) is 0 Å². The first kappa shape index (κ1) is 10.2. The normalized spacial score (nSPS) is 10.9. The van der Waals surface area contributed by atoms with Crippen LogP contribution in [0.25, 0.3) is 11.0 Å². The number of benzene rings is 1. The van der Waals surface area contributed by atoms with Gasteiger partial charge >= 0.3 is 5.63 Å². The van der Waals surface area contributed by atoms with Gasteiger partial charge in [-0.2, -0.15) is 0 Å². The van der Waals surface area contributed by atoms with Crippen LogP contribution < -0.4 is 11.4 Å². The first-order valence-corrected chi connectivity index (χ1v) is 5.01. The van der Waals surface area contributed by atoms with Crippen molar-refractivity contribution in [2.75, 3.05) is 0 Å². The fraction of sp³-hybridized carbons (Fsp3) is 0.182. The summed E-state index contributed by atoms with van der Waals surface area (Å²) in [6.07, 6.45) is 0. The standard InChI is InChI=1S/C11H10ClNO2/c1-6-2-10-8(4-9(6)12)7(5-13)3-11(14)15-10/h2-4H,5,13H2,1H3/p+1. The Morgan fingerprint density at radius 1 is 1.40 bits per heavy atom. The van der Waals surface area contributed by atoms with Crippen LogP contribution in [0, 0.1) is 6.92 Å². The number of aryl methyl sites for hydroxylation is 1. The Morgan fingerprint density at radius 2 is 2.13 bits per heavy atom. The zero-order chi connectivity index (χ0) is 11.0. The molecule has 15 heavy (non-hydrogen) atoms. The van der Waals surface area contributed by atoms with Crippen LogP contribution in [0.3, 0.4) is 0 Å². The van der Waals surface area contributed by atoms with Crippen molar-refractivity contribution in [2.24, 2.45) is 0 Å². The van der Waals surface area contributed by atoms with Gasteiger partial charge in [-0.25, -0.2) is 4.79 Å². The number of hydrogen-bond donors (Lipinski definition) is 1. The second-order valence-electron chi connectivity index (χ2n) is 3.44. The molecule has 0 bridgehead atoms.